The minimum Gasteiger partial charge on any atom is -0.289 e. The van der Waals surface area contributed by atoms with Gasteiger partial charge in [0.2, 0.25) is 0 Å². The van der Waals surface area contributed by atoms with Gasteiger partial charge in [-0.15, -0.1) is 0 Å². The predicted octanol–water partition coefficient (Wildman–Crippen LogP) is 1.20. The van der Waals surface area contributed by atoms with Crippen molar-refractivity contribution in [2.45, 2.75) is 0 Å². The van der Waals surface area contributed by atoms with Crippen molar-refractivity contribution in [3.63, 3.8) is 0 Å². The Labute approximate surface area is 43.8 Å². The van der Waals surface area contributed by atoms with E-state index >= 15 is 0 Å². The van der Waals surface area contributed by atoms with Crippen LogP contribution in [0.4, 0.5) is 9.39 Å². The first-order valence-corrected chi connectivity index (χ1v) is 2.43. The van der Waals surface area contributed by atoms with Crippen LogP contribution in [0.15, 0.2) is 6.20 Å². The summed E-state index contributed by atoms with van der Waals surface area (Å²) in [6.07, 6.45) is 1.18. The van der Waals surface area contributed by atoms with E-state index in [1.807, 2.05) is 0 Å². The summed E-state index contributed by atoms with van der Waals surface area (Å²) in [5, 5.41) is -0.373. The number of thiazole rings is 1. The van der Waals surface area contributed by atoms with Crippen molar-refractivity contribution in [3.05, 3.63) is 11.5 Å². The van der Waals surface area contributed by atoms with Gasteiger partial charge in [0.1, 0.15) is 5.00 Å². The molecule has 0 aromatic carbocycles. The van der Waals surface area contributed by atoms with E-state index in [1.54, 1.807) is 0 Å². The molecule has 0 unspecified atom stereocenters. The second kappa shape index (κ2) is 1.46. The van der Waals surface area contributed by atoms with Crippen LogP contribution < -0.4 is 5.73 Å². The zero-order valence-electron chi connectivity index (χ0n) is 3.31. The van der Waals surface area contributed by atoms with Crippen molar-refractivity contribution < 1.29 is 4.39 Å². The van der Waals surface area contributed by atoms with Gasteiger partial charge in [-0.3, -0.25) is 5.73 Å². The van der Waals surface area contributed by atoms with Crippen LogP contribution in [0.5, 0.6) is 0 Å². The maximum Gasteiger partial charge on any atom is 0.270 e. The number of aromatic nitrogens is 1. The molecule has 7 heavy (non-hydrogen) atoms. The smallest absolute Gasteiger partial charge is 0.270 e. The first-order chi connectivity index (χ1) is 3.29. The third kappa shape index (κ3) is 0.866. The van der Waals surface area contributed by atoms with Gasteiger partial charge in [0.05, 0.1) is 6.20 Å². The van der Waals surface area contributed by atoms with Crippen LogP contribution >= 0.6 is 11.3 Å². The topological polar surface area (TPSA) is 36.7 Å². The van der Waals surface area contributed by atoms with Crippen molar-refractivity contribution in [2.24, 2.45) is 0 Å². The van der Waals surface area contributed by atoms with Crippen LogP contribution in [0.25, 0.3) is 0 Å². The quantitative estimate of drug-likeness (QED) is 0.503. The molecule has 2 nitrogen and oxygen atoms in total. The first-order valence-electron chi connectivity index (χ1n) is 1.62. The maximum absolute atomic E-state index is 11.7. The Balaban J connectivity index is 3.04. The molecule has 0 bridgehead atoms. The van der Waals surface area contributed by atoms with E-state index in [0.717, 1.165) is 11.3 Å². The second-order valence-corrected chi connectivity index (χ2v) is 1.96. The third-order valence-electron chi connectivity index (χ3n) is 0.477. The summed E-state index contributed by atoms with van der Waals surface area (Å²) in [5.74, 6) is 0. The molecular weight excluding hydrogens is 115 g/mol. The Morgan fingerprint density at radius 1 is 1.86 bits per heavy atom. The normalized spacial score (nSPS) is 9.29. The molecule has 0 aliphatic heterocycles. The molecule has 1 rings (SSSR count). The molecule has 0 atom stereocenters. The van der Waals surface area contributed by atoms with Crippen molar-refractivity contribution >= 4 is 16.3 Å². The highest BCUT2D eigenvalue weighted by Crippen LogP contribution is 2.12. The van der Waals surface area contributed by atoms with Gasteiger partial charge in [0, 0.05) is 0 Å². The van der Waals surface area contributed by atoms with Crippen LogP contribution in [0.3, 0.4) is 0 Å². The van der Waals surface area contributed by atoms with E-state index in [1.165, 1.54) is 6.20 Å². The molecule has 0 fully saturated rings. The average Bonchev–Trinajstić information content (AvgIpc) is 1.87. The minimum atomic E-state index is -0.537. The first kappa shape index (κ1) is 4.52. The molecular formula is C3H2FN2S. The summed E-state index contributed by atoms with van der Waals surface area (Å²) < 4.78 is 11.7. The Kier molecular flexibility index (Phi) is 0.941. The molecule has 0 amide bonds. The zero-order chi connectivity index (χ0) is 5.28. The summed E-state index contributed by atoms with van der Waals surface area (Å²) in [6.45, 7) is 0. The lowest BCUT2D eigenvalue weighted by Crippen LogP contribution is -1.58. The summed E-state index contributed by atoms with van der Waals surface area (Å²) in [7, 11) is 0. The lowest BCUT2D eigenvalue weighted by atomic mass is 10.9. The van der Waals surface area contributed by atoms with Gasteiger partial charge in [-0.25, -0.2) is 4.98 Å². The van der Waals surface area contributed by atoms with Gasteiger partial charge < -0.3 is 0 Å². The summed E-state index contributed by atoms with van der Waals surface area (Å²) in [5.41, 5.74) is 6.73. The number of nitrogens with zero attached hydrogens (tertiary/aromatic N) is 1. The Morgan fingerprint density at radius 2 is 2.57 bits per heavy atom. The number of rotatable bonds is 0. The summed E-state index contributed by atoms with van der Waals surface area (Å²) in [6, 6.07) is 0. The number of halogens is 1. The Bertz CT molecular complexity index is 145. The Hall–Kier alpha value is -0.640. The van der Waals surface area contributed by atoms with Gasteiger partial charge in [-0.1, -0.05) is 11.3 Å². The van der Waals surface area contributed by atoms with Crippen molar-refractivity contribution in [1.82, 2.24) is 10.7 Å². The third-order valence-corrected chi connectivity index (χ3v) is 1.08. The highest BCUT2D eigenvalue weighted by atomic mass is 32.1. The molecule has 1 aromatic heterocycles. The van der Waals surface area contributed by atoms with Crippen LogP contribution in [0.2, 0.25) is 0 Å². The molecule has 1 heterocycles. The van der Waals surface area contributed by atoms with E-state index in [0.29, 0.717) is 0 Å². The lowest BCUT2D eigenvalue weighted by Gasteiger charge is -1.64. The fourth-order valence-electron chi connectivity index (χ4n) is 0.253. The number of nitrogens with one attached hydrogen (secondary N) is 1. The van der Waals surface area contributed by atoms with Crippen molar-refractivity contribution in [3.8, 4) is 0 Å². The number of hydrogen-bond acceptors (Lipinski definition) is 2. The maximum atomic E-state index is 11.7. The van der Waals surface area contributed by atoms with E-state index in [4.69, 9.17) is 5.73 Å². The molecule has 1 radical (unpaired) electrons. The molecule has 1 N–H and O–H groups in total. The largest absolute Gasteiger partial charge is 0.289 e. The standard InChI is InChI=1S/C3H2FN2S/c4-3-6-1-2(5)7-3/h1,5H. The Morgan fingerprint density at radius 3 is 2.71 bits per heavy atom. The van der Waals surface area contributed by atoms with E-state index in [-0.39, 0.29) is 5.00 Å². The lowest BCUT2D eigenvalue weighted by molar-refractivity contribution is 0.617. The SMILES string of the molecule is [NH]c1cnc(F)s1. The summed E-state index contributed by atoms with van der Waals surface area (Å²) in [4.78, 5) is 3.18. The molecule has 0 aliphatic carbocycles. The van der Waals surface area contributed by atoms with Crippen LogP contribution in [-0.4, -0.2) is 4.98 Å². The van der Waals surface area contributed by atoms with Gasteiger partial charge in [0.25, 0.3) is 5.26 Å². The van der Waals surface area contributed by atoms with Gasteiger partial charge >= 0.3 is 0 Å². The van der Waals surface area contributed by atoms with Crippen molar-refractivity contribution in [2.75, 3.05) is 0 Å². The van der Waals surface area contributed by atoms with Gasteiger partial charge in [-0.2, -0.15) is 4.39 Å². The average molecular weight is 117 g/mol. The second-order valence-electron chi connectivity index (χ2n) is 0.977. The zero-order valence-corrected chi connectivity index (χ0v) is 4.13. The van der Waals surface area contributed by atoms with Gasteiger partial charge in [-0.05, 0) is 0 Å². The minimum absolute atomic E-state index is 0.164. The van der Waals surface area contributed by atoms with Crippen LogP contribution in [0.1, 0.15) is 0 Å². The highest BCUT2D eigenvalue weighted by Gasteiger charge is 1.92. The van der Waals surface area contributed by atoms with Crippen molar-refractivity contribution in [1.29, 1.82) is 0 Å². The molecule has 37 valence electrons. The predicted molar refractivity (Wildman–Crippen MR) is 24.8 cm³/mol. The fraction of sp³-hybridized carbons (Fsp3) is 0. The van der Waals surface area contributed by atoms with Crippen LogP contribution in [-0.2, 0) is 0 Å². The molecule has 0 spiro atoms. The van der Waals surface area contributed by atoms with E-state index < -0.39 is 5.26 Å². The van der Waals surface area contributed by atoms with Gasteiger partial charge in [0.15, 0.2) is 0 Å². The van der Waals surface area contributed by atoms with Crippen LogP contribution in [0, 0.1) is 5.26 Å². The monoisotopic (exact) mass is 117 g/mol. The summed E-state index contributed by atoms with van der Waals surface area (Å²) >= 11 is 0.731. The fourth-order valence-corrected chi connectivity index (χ4v) is 0.645. The molecule has 0 saturated carbocycles. The molecule has 0 aliphatic rings. The van der Waals surface area contributed by atoms with E-state index in [2.05, 4.69) is 4.98 Å². The van der Waals surface area contributed by atoms with E-state index in [9.17, 15) is 4.39 Å². The molecule has 1 aromatic rings. The number of hydrogen-bond donors (Lipinski definition) is 0. The highest BCUT2D eigenvalue weighted by molar-refractivity contribution is 7.13. The molecule has 0 saturated heterocycles. The molecule has 4 heteroatoms.